The van der Waals surface area contributed by atoms with Crippen LogP contribution in [0.2, 0.25) is 0 Å². The van der Waals surface area contributed by atoms with Gasteiger partial charge in [-0.05, 0) is 101 Å². The second kappa shape index (κ2) is 42.2. The molecule has 4 heterocycles. The number of benzene rings is 1. The fraction of sp³-hybridized carbons (Fsp3) is 0.635. The van der Waals surface area contributed by atoms with Crippen LogP contribution in [0.4, 0.5) is 0 Å². The maximum Gasteiger partial charge on any atom is 0.326 e. The monoisotopic (exact) mass is 1410 g/mol. The predicted octanol–water partition coefficient (Wildman–Crippen LogP) is -2.49. The minimum absolute atomic E-state index is 0.0168. The Kier molecular flexibility index (Phi) is 34.4. The minimum atomic E-state index is -1.58. The highest BCUT2D eigenvalue weighted by Crippen LogP contribution is 2.25. The Morgan fingerprint density at radius 3 is 2.03 bits per heavy atom. The number of fused-ring (bicyclic) bond motifs is 1. The van der Waals surface area contributed by atoms with E-state index in [2.05, 4.69) is 67.8 Å². The topological polar surface area (TPSA) is 523 Å². The molecule has 3 saturated heterocycles. The van der Waals surface area contributed by atoms with Crippen molar-refractivity contribution >= 4 is 104 Å². The van der Waals surface area contributed by atoms with Gasteiger partial charge >= 0.3 is 5.97 Å². The summed E-state index contributed by atoms with van der Waals surface area (Å²) in [6.07, 6.45) is 7.05. The molecular weight excluding hydrogens is 1310 g/mol. The number of hydrogen-bond acceptors (Lipinski definition) is 18. The second-order valence-corrected chi connectivity index (χ2v) is 27.4. The number of guanidine groups is 2. The first-order valence-corrected chi connectivity index (χ1v) is 36.0. The summed E-state index contributed by atoms with van der Waals surface area (Å²) in [5.41, 5.74) is 28.9. The van der Waals surface area contributed by atoms with E-state index in [4.69, 9.17) is 28.7 Å². The molecule has 11 amide bonds. The number of aliphatic imine (C=N–C) groups is 2. The van der Waals surface area contributed by atoms with Crippen molar-refractivity contribution in [2.24, 2.45) is 44.6 Å². The fourth-order valence-electron chi connectivity index (χ4n) is 11.4. The number of nitrogens with one attached hydrogen (secondary N) is 10. The third-order valence-corrected chi connectivity index (χ3v) is 19.0. The Morgan fingerprint density at radius 1 is 0.704 bits per heavy atom. The van der Waals surface area contributed by atoms with Gasteiger partial charge in [-0.2, -0.15) is 0 Å². The van der Waals surface area contributed by atoms with Gasteiger partial charge < -0.3 is 96.4 Å². The molecule has 35 heteroatoms. The van der Waals surface area contributed by atoms with Gasteiger partial charge in [0.1, 0.15) is 60.4 Å². The van der Waals surface area contributed by atoms with Gasteiger partial charge in [0.15, 0.2) is 11.9 Å². The predicted molar refractivity (Wildman–Crippen MR) is 369 cm³/mol. The number of likely N-dealkylation sites (tertiary alicyclic amines) is 1. The zero-order valence-corrected chi connectivity index (χ0v) is 57.7. The van der Waals surface area contributed by atoms with Crippen LogP contribution in [0, 0.1) is 5.92 Å². The van der Waals surface area contributed by atoms with Crippen LogP contribution >= 0.6 is 21.6 Å². The quantitative estimate of drug-likeness (QED) is 0.0161. The average Bonchev–Trinajstić information content (AvgIpc) is 1.79. The number of imidazole rings is 1. The Hall–Kier alpha value is -8.73. The molecule has 1 aromatic heterocycles. The number of carbonyl (C=O) groups excluding carboxylic acids is 11. The van der Waals surface area contributed by atoms with E-state index in [-0.39, 0.29) is 113 Å². The SMILES string of the molecule is CCCC[C@@H]1NC(=O)[C@@H]2CCCN2C(=O)CNC(=O)[C@H](CCCCN)NC(=O)[C@H](Cc2cnc[nH]2)NC(=O)[C@@H](NC(=O)[C@H](CC(C)C)NC(=O)[C@H](CCCN=C(N)N)NC(=O)[C@@H]2CCCN2C(=O)CCCCN=C(N)N)CSSC[C@@H](C(=O)N[C@@H](Cc2ccccc2)C(=O)O)NC1=O. The summed E-state index contributed by atoms with van der Waals surface area (Å²) in [6, 6.07) is -4.72. The van der Waals surface area contributed by atoms with Crippen LogP contribution < -0.4 is 76.5 Å². The first-order valence-electron chi connectivity index (χ1n) is 33.5. The number of carboxylic acid groups (broad SMARTS) is 1. The molecule has 10 atom stereocenters. The number of amides is 11. The van der Waals surface area contributed by atoms with Crippen molar-refractivity contribution in [3.63, 3.8) is 0 Å². The molecule has 21 N–H and O–H groups in total. The van der Waals surface area contributed by atoms with Gasteiger partial charge in [0.05, 0.1) is 12.9 Å². The van der Waals surface area contributed by atoms with Crippen LogP contribution in [-0.4, -0.2) is 219 Å². The molecule has 0 radical (unpaired) electrons. The maximum atomic E-state index is 15.1. The summed E-state index contributed by atoms with van der Waals surface area (Å²) in [4.78, 5) is 189. The number of carbonyl (C=O) groups is 12. The van der Waals surface area contributed by atoms with Crippen LogP contribution in [-0.2, 0) is 70.4 Å². The molecule has 3 fully saturated rings. The molecule has 3 aliphatic rings. The summed E-state index contributed by atoms with van der Waals surface area (Å²) in [5, 5.41) is 34.8. The summed E-state index contributed by atoms with van der Waals surface area (Å²) in [7, 11) is 1.90. The highest BCUT2D eigenvalue weighted by atomic mass is 33.1. The van der Waals surface area contributed by atoms with E-state index in [1.165, 1.54) is 22.3 Å². The Bertz CT molecular complexity index is 3050. The molecule has 0 aliphatic carbocycles. The number of aliphatic carboxylic acids is 1. The third-order valence-electron chi connectivity index (χ3n) is 16.6. The van der Waals surface area contributed by atoms with E-state index in [0.717, 1.165) is 21.6 Å². The normalized spacial score (nSPS) is 21.7. The largest absolute Gasteiger partial charge is 0.480 e. The highest BCUT2D eigenvalue weighted by Gasteiger charge is 2.40. The standard InChI is InChI=1S/C63H100N20O13S2/c1-4-5-18-41-54(88)80-47(58(92)79-45(61(95)96)30-38-16-7-6-8-17-38)35-98-97-34-46(57(91)78-44(31-39-32-69-36-73-39)56(90)74-40(19-9-11-24-64)52(86)72-33-51(85)83-28-15-22-49(83)60(94)75-41)81-55(89)43(29-37(2)3)77-53(87)42(20-13-26-71-63(67)68)76-59(93)48-21-14-27-82(48)50(84)23-10-12-25-70-62(65)66/h6-8,16-17,32,36-37,40-49H,4-5,9-15,18-31,33-35,64H2,1-3H3,(H,69,73)(H,72,86)(H,74,90)(H,75,94)(H,76,93)(H,77,87)(H,78,91)(H,79,92)(H,80,88)(H,81,89)(H,95,96)(H4,65,66,70)(H4,67,68,71)/t40-,41-,42-,43-,44-,45-,46-,47-,48-,49-/m0/s1. The van der Waals surface area contributed by atoms with Gasteiger partial charge in [-0.15, -0.1) is 0 Å². The molecule has 1 aromatic carbocycles. The van der Waals surface area contributed by atoms with E-state index in [0.29, 0.717) is 82.1 Å². The minimum Gasteiger partial charge on any atom is -0.480 e. The van der Waals surface area contributed by atoms with Crippen LogP contribution in [0.1, 0.15) is 135 Å². The van der Waals surface area contributed by atoms with E-state index in [1.54, 1.807) is 44.2 Å². The van der Waals surface area contributed by atoms with Crippen LogP contribution in [0.15, 0.2) is 52.8 Å². The number of nitrogens with two attached hydrogens (primary N) is 5. The molecule has 0 saturated carbocycles. The van der Waals surface area contributed by atoms with E-state index >= 15 is 4.79 Å². The van der Waals surface area contributed by atoms with Crippen molar-refractivity contribution < 1.29 is 62.6 Å². The highest BCUT2D eigenvalue weighted by molar-refractivity contribution is 8.76. The molecule has 2 aromatic rings. The molecule has 3 aliphatic heterocycles. The average molecular weight is 1410 g/mol. The molecule has 0 unspecified atom stereocenters. The summed E-state index contributed by atoms with van der Waals surface area (Å²) in [5.74, 6) is -10.7. The molecule has 0 spiro atoms. The zero-order chi connectivity index (χ0) is 71.7. The second-order valence-electron chi connectivity index (χ2n) is 24.8. The number of rotatable bonds is 31. The van der Waals surface area contributed by atoms with Gasteiger partial charge in [-0.3, -0.25) is 62.7 Å². The Labute approximate surface area is 578 Å². The number of H-pyrrole nitrogens is 1. The molecule has 0 bridgehead atoms. The van der Waals surface area contributed by atoms with E-state index in [1.807, 2.05) is 6.92 Å². The van der Waals surface area contributed by atoms with Crippen molar-refractivity contribution in [1.29, 1.82) is 0 Å². The molecule has 98 heavy (non-hydrogen) atoms. The number of nitrogens with zero attached hydrogens (tertiary/aromatic N) is 5. The van der Waals surface area contributed by atoms with E-state index in [9.17, 15) is 57.8 Å². The summed E-state index contributed by atoms with van der Waals surface area (Å²) >= 11 is 0. The molecular formula is C63H100N20O13S2. The maximum absolute atomic E-state index is 15.1. The van der Waals surface area contributed by atoms with Crippen LogP contribution in [0.3, 0.4) is 0 Å². The molecule has 542 valence electrons. The zero-order valence-electron chi connectivity index (χ0n) is 56.1. The van der Waals surface area contributed by atoms with Crippen molar-refractivity contribution in [2.75, 3.05) is 50.8 Å². The van der Waals surface area contributed by atoms with Gasteiger partial charge in [0, 0.05) is 68.8 Å². The van der Waals surface area contributed by atoms with Gasteiger partial charge in [0.25, 0.3) is 0 Å². The molecule has 5 rings (SSSR count). The van der Waals surface area contributed by atoms with Crippen molar-refractivity contribution in [1.82, 2.24) is 67.6 Å². The van der Waals surface area contributed by atoms with E-state index < -0.39 is 132 Å². The lowest BCUT2D eigenvalue weighted by Crippen LogP contribution is -2.60. The van der Waals surface area contributed by atoms with Gasteiger partial charge in [-0.25, -0.2) is 9.78 Å². The smallest absolute Gasteiger partial charge is 0.326 e. The number of unbranched alkanes of at least 4 members (excludes halogenated alkanes) is 3. The Morgan fingerprint density at radius 2 is 1.36 bits per heavy atom. The third kappa shape index (κ3) is 27.3. The van der Waals surface area contributed by atoms with Gasteiger partial charge in [0.2, 0.25) is 65.0 Å². The first kappa shape index (κ1) is 80.0. The van der Waals surface area contributed by atoms with Gasteiger partial charge in [-0.1, -0.05) is 85.5 Å². The number of carboxylic acids is 1. The van der Waals surface area contributed by atoms with Crippen molar-refractivity contribution in [3.05, 3.63) is 54.1 Å². The Balaban J connectivity index is 1.53. The molecule has 33 nitrogen and oxygen atoms in total. The first-order chi connectivity index (χ1) is 46.9. The van der Waals surface area contributed by atoms with Crippen LogP contribution in [0.25, 0.3) is 0 Å². The lowest BCUT2D eigenvalue weighted by molar-refractivity contribution is -0.142. The number of aromatic amines is 1. The van der Waals surface area contributed by atoms with Crippen molar-refractivity contribution in [2.45, 2.75) is 197 Å². The lowest BCUT2D eigenvalue weighted by atomic mass is 10.0. The van der Waals surface area contributed by atoms with Crippen molar-refractivity contribution in [3.8, 4) is 0 Å². The summed E-state index contributed by atoms with van der Waals surface area (Å²) in [6.45, 7) is 5.93. The summed E-state index contributed by atoms with van der Waals surface area (Å²) < 4.78 is 0. The van der Waals surface area contributed by atoms with Crippen LogP contribution in [0.5, 0.6) is 0 Å². The lowest BCUT2D eigenvalue weighted by Gasteiger charge is -2.29. The number of aromatic nitrogens is 2. The number of hydrogen-bond donors (Lipinski definition) is 16. The fourth-order valence-corrected chi connectivity index (χ4v) is 13.7.